The maximum absolute atomic E-state index is 5.65. The molecule has 0 saturated heterocycles. The Morgan fingerprint density at radius 3 is 2.44 bits per heavy atom. The van der Waals surface area contributed by atoms with Crippen molar-refractivity contribution in [3.63, 3.8) is 0 Å². The SMILES string of the molecule is CCc1ccc(CNc2nc(N)cc(Br)n2)cc1. The minimum absolute atomic E-state index is 0.445. The molecule has 0 aliphatic rings. The number of halogens is 1. The van der Waals surface area contributed by atoms with Crippen LogP contribution in [0.3, 0.4) is 0 Å². The van der Waals surface area contributed by atoms with Crippen LogP contribution < -0.4 is 11.1 Å². The van der Waals surface area contributed by atoms with Crippen LogP contribution in [0.15, 0.2) is 34.9 Å². The minimum atomic E-state index is 0.445. The number of nitrogen functional groups attached to an aromatic ring is 1. The molecule has 3 N–H and O–H groups in total. The van der Waals surface area contributed by atoms with Gasteiger partial charge in [-0.15, -0.1) is 0 Å². The summed E-state index contributed by atoms with van der Waals surface area (Å²) in [5.41, 5.74) is 8.17. The first kappa shape index (κ1) is 12.8. The van der Waals surface area contributed by atoms with E-state index in [9.17, 15) is 0 Å². The van der Waals surface area contributed by atoms with Gasteiger partial charge in [-0.05, 0) is 33.5 Å². The molecule has 94 valence electrons. The van der Waals surface area contributed by atoms with Gasteiger partial charge in [0.1, 0.15) is 10.4 Å². The van der Waals surface area contributed by atoms with Crippen LogP contribution in [-0.4, -0.2) is 9.97 Å². The van der Waals surface area contributed by atoms with Crippen LogP contribution >= 0.6 is 15.9 Å². The lowest BCUT2D eigenvalue weighted by molar-refractivity contribution is 1.04. The Morgan fingerprint density at radius 1 is 1.17 bits per heavy atom. The molecule has 0 unspecified atom stereocenters. The number of nitrogens with two attached hydrogens (primary N) is 1. The number of nitrogens with zero attached hydrogens (tertiary/aromatic N) is 2. The molecule has 18 heavy (non-hydrogen) atoms. The third-order valence-electron chi connectivity index (χ3n) is 2.60. The zero-order valence-electron chi connectivity index (χ0n) is 10.2. The van der Waals surface area contributed by atoms with Gasteiger partial charge in [-0.2, -0.15) is 4.98 Å². The second-order valence-electron chi connectivity index (χ2n) is 3.96. The minimum Gasteiger partial charge on any atom is -0.383 e. The second-order valence-corrected chi connectivity index (χ2v) is 4.78. The van der Waals surface area contributed by atoms with E-state index in [-0.39, 0.29) is 0 Å². The lowest BCUT2D eigenvalue weighted by Crippen LogP contribution is -2.05. The molecule has 0 saturated carbocycles. The van der Waals surface area contributed by atoms with E-state index in [1.165, 1.54) is 11.1 Å². The van der Waals surface area contributed by atoms with Gasteiger partial charge >= 0.3 is 0 Å². The zero-order chi connectivity index (χ0) is 13.0. The van der Waals surface area contributed by atoms with Crippen molar-refractivity contribution in [1.29, 1.82) is 0 Å². The van der Waals surface area contributed by atoms with Gasteiger partial charge in [-0.3, -0.25) is 0 Å². The van der Waals surface area contributed by atoms with Crippen molar-refractivity contribution in [2.24, 2.45) is 0 Å². The molecule has 1 heterocycles. The first-order chi connectivity index (χ1) is 8.67. The molecule has 0 atom stereocenters. The summed E-state index contributed by atoms with van der Waals surface area (Å²) in [6, 6.07) is 10.1. The maximum atomic E-state index is 5.65. The van der Waals surface area contributed by atoms with Crippen molar-refractivity contribution >= 4 is 27.7 Å². The smallest absolute Gasteiger partial charge is 0.225 e. The molecular formula is C13H15BrN4. The third-order valence-corrected chi connectivity index (χ3v) is 3.00. The van der Waals surface area contributed by atoms with Gasteiger partial charge in [0.2, 0.25) is 5.95 Å². The molecule has 0 aliphatic heterocycles. The Labute approximate surface area is 115 Å². The van der Waals surface area contributed by atoms with Gasteiger partial charge in [0, 0.05) is 12.6 Å². The van der Waals surface area contributed by atoms with E-state index < -0.39 is 0 Å². The topological polar surface area (TPSA) is 63.8 Å². The number of aromatic nitrogens is 2. The van der Waals surface area contributed by atoms with Crippen LogP contribution in [-0.2, 0) is 13.0 Å². The zero-order valence-corrected chi connectivity index (χ0v) is 11.7. The molecule has 0 radical (unpaired) electrons. The highest BCUT2D eigenvalue weighted by atomic mass is 79.9. The first-order valence-electron chi connectivity index (χ1n) is 5.79. The standard InChI is InChI=1S/C13H15BrN4/c1-2-9-3-5-10(6-4-9)8-16-13-17-11(14)7-12(15)18-13/h3-7H,2,8H2,1H3,(H3,15,16,17,18). The van der Waals surface area contributed by atoms with Crippen LogP contribution in [0.4, 0.5) is 11.8 Å². The molecule has 0 fully saturated rings. The van der Waals surface area contributed by atoms with Gasteiger partial charge in [0.25, 0.3) is 0 Å². The van der Waals surface area contributed by atoms with Gasteiger partial charge < -0.3 is 11.1 Å². The summed E-state index contributed by atoms with van der Waals surface area (Å²) in [7, 11) is 0. The molecule has 0 spiro atoms. The molecule has 2 rings (SSSR count). The number of aryl methyl sites for hydroxylation is 1. The molecule has 2 aromatic rings. The maximum Gasteiger partial charge on any atom is 0.225 e. The van der Waals surface area contributed by atoms with Gasteiger partial charge in [0.15, 0.2) is 0 Å². The third kappa shape index (κ3) is 3.43. The molecule has 0 amide bonds. The van der Waals surface area contributed by atoms with E-state index in [1.807, 2.05) is 0 Å². The predicted octanol–water partition coefficient (Wildman–Crippen LogP) is 3.00. The molecule has 1 aromatic heterocycles. The fourth-order valence-electron chi connectivity index (χ4n) is 1.59. The van der Waals surface area contributed by atoms with Crippen molar-refractivity contribution in [3.8, 4) is 0 Å². The van der Waals surface area contributed by atoms with E-state index in [0.29, 0.717) is 22.9 Å². The number of rotatable bonds is 4. The van der Waals surface area contributed by atoms with Crippen molar-refractivity contribution in [3.05, 3.63) is 46.1 Å². The van der Waals surface area contributed by atoms with E-state index in [1.54, 1.807) is 6.07 Å². The summed E-state index contributed by atoms with van der Waals surface area (Å²) in [5.74, 6) is 0.974. The van der Waals surface area contributed by atoms with Gasteiger partial charge in [-0.1, -0.05) is 31.2 Å². The number of hydrogen-bond donors (Lipinski definition) is 2. The fourth-order valence-corrected chi connectivity index (χ4v) is 1.99. The molecule has 1 aromatic carbocycles. The van der Waals surface area contributed by atoms with E-state index in [2.05, 4.69) is 62.4 Å². The number of anilines is 2. The van der Waals surface area contributed by atoms with Crippen molar-refractivity contribution in [2.75, 3.05) is 11.1 Å². The van der Waals surface area contributed by atoms with Crippen LogP contribution in [0.1, 0.15) is 18.1 Å². The average molecular weight is 307 g/mol. The van der Waals surface area contributed by atoms with E-state index in [0.717, 1.165) is 6.42 Å². The monoisotopic (exact) mass is 306 g/mol. The summed E-state index contributed by atoms with van der Waals surface area (Å²) < 4.78 is 0.679. The average Bonchev–Trinajstić information content (AvgIpc) is 2.36. The highest BCUT2D eigenvalue weighted by molar-refractivity contribution is 9.10. The summed E-state index contributed by atoms with van der Waals surface area (Å²) in [4.78, 5) is 8.31. The Morgan fingerprint density at radius 2 is 1.83 bits per heavy atom. The highest BCUT2D eigenvalue weighted by Crippen LogP contribution is 2.13. The van der Waals surface area contributed by atoms with Crippen LogP contribution in [0.25, 0.3) is 0 Å². The highest BCUT2D eigenvalue weighted by Gasteiger charge is 2.00. The molecule has 0 aliphatic carbocycles. The lowest BCUT2D eigenvalue weighted by atomic mass is 10.1. The Balaban J connectivity index is 2.01. The van der Waals surface area contributed by atoms with Crippen molar-refractivity contribution in [2.45, 2.75) is 19.9 Å². The first-order valence-corrected chi connectivity index (χ1v) is 6.58. The summed E-state index contributed by atoms with van der Waals surface area (Å²) >= 11 is 3.29. The van der Waals surface area contributed by atoms with Gasteiger partial charge in [-0.25, -0.2) is 4.98 Å². The van der Waals surface area contributed by atoms with E-state index >= 15 is 0 Å². The normalized spacial score (nSPS) is 10.3. The van der Waals surface area contributed by atoms with E-state index in [4.69, 9.17) is 5.73 Å². The summed E-state index contributed by atoms with van der Waals surface area (Å²) in [6.07, 6.45) is 1.05. The number of hydrogen-bond acceptors (Lipinski definition) is 4. The van der Waals surface area contributed by atoms with Crippen LogP contribution in [0, 0.1) is 0 Å². The predicted molar refractivity (Wildman–Crippen MR) is 77.3 cm³/mol. The van der Waals surface area contributed by atoms with Crippen LogP contribution in [0.5, 0.6) is 0 Å². The number of nitrogens with one attached hydrogen (secondary N) is 1. The second kappa shape index (κ2) is 5.82. The van der Waals surface area contributed by atoms with Crippen molar-refractivity contribution < 1.29 is 0 Å². The van der Waals surface area contributed by atoms with Crippen LogP contribution in [0.2, 0.25) is 0 Å². The molecule has 4 nitrogen and oxygen atoms in total. The largest absolute Gasteiger partial charge is 0.383 e. The molecule has 0 bridgehead atoms. The Bertz CT molecular complexity index is 505. The number of benzene rings is 1. The molecule has 5 heteroatoms. The fraction of sp³-hybridized carbons (Fsp3) is 0.231. The van der Waals surface area contributed by atoms with Crippen molar-refractivity contribution in [1.82, 2.24) is 9.97 Å². The molecular weight excluding hydrogens is 292 g/mol. The Hall–Kier alpha value is -1.62. The Kier molecular flexibility index (Phi) is 4.15. The summed E-state index contributed by atoms with van der Waals surface area (Å²) in [6.45, 7) is 2.82. The van der Waals surface area contributed by atoms with Gasteiger partial charge in [0.05, 0.1) is 0 Å². The quantitative estimate of drug-likeness (QED) is 0.852. The lowest BCUT2D eigenvalue weighted by Gasteiger charge is -2.06. The summed E-state index contributed by atoms with van der Waals surface area (Å²) in [5, 5.41) is 3.15.